The minimum absolute atomic E-state index is 0.417. The van der Waals surface area contributed by atoms with E-state index in [1.807, 2.05) is 0 Å². The number of nitrogens with zero attached hydrogens (tertiary/aromatic N) is 2. The molecular formula is C15H32N4. The maximum absolute atomic E-state index is 5.97. The molecule has 1 unspecified atom stereocenters. The van der Waals surface area contributed by atoms with E-state index in [4.69, 9.17) is 5.73 Å². The van der Waals surface area contributed by atoms with Gasteiger partial charge in [0.1, 0.15) is 0 Å². The number of hydrogen-bond donors (Lipinski definition) is 2. The van der Waals surface area contributed by atoms with Crippen molar-refractivity contribution in [2.75, 3.05) is 19.6 Å². The van der Waals surface area contributed by atoms with Gasteiger partial charge in [-0.25, -0.2) is 0 Å². The van der Waals surface area contributed by atoms with Crippen LogP contribution >= 0.6 is 0 Å². The molecule has 0 bridgehead atoms. The van der Waals surface area contributed by atoms with E-state index in [2.05, 4.69) is 36.0 Å². The Morgan fingerprint density at radius 3 is 2.53 bits per heavy atom. The minimum Gasteiger partial charge on any atom is -0.370 e. The highest BCUT2D eigenvalue weighted by molar-refractivity contribution is 5.78. The van der Waals surface area contributed by atoms with Gasteiger partial charge in [0, 0.05) is 6.04 Å². The van der Waals surface area contributed by atoms with Crippen LogP contribution < -0.4 is 11.1 Å². The fourth-order valence-corrected chi connectivity index (χ4v) is 2.75. The zero-order chi connectivity index (χ0) is 14.1. The summed E-state index contributed by atoms with van der Waals surface area (Å²) in [4.78, 5) is 7.03. The van der Waals surface area contributed by atoms with Crippen molar-refractivity contribution in [2.45, 2.75) is 71.4 Å². The van der Waals surface area contributed by atoms with Gasteiger partial charge in [0.2, 0.25) is 0 Å². The molecule has 4 nitrogen and oxygen atoms in total. The molecule has 3 N–H and O–H groups in total. The Balaban J connectivity index is 2.17. The second kappa shape index (κ2) is 9.18. The molecule has 0 aromatic rings. The lowest BCUT2D eigenvalue weighted by molar-refractivity contribution is 0.292. The Morgan fingerprint density at radius 1 is 1.32 bits per heavy atom. The number of guanidine groups is 1. The highest BCUT2D eigenvalue weighted by atomic mass is 15.1. The Labute approximate surface area is 118 Å². The Kier molecular flexibility index (Phi) is 7.87. The van der Waals surface area contributed by atoms with Gasteiger partial charge in [0.05, 0.1) is 6.04 Å². The van der Waals surface area contributed by atoms with Crippen molar-refractivity contribution in [1.82, 2.24) is 10.2 Å². The van der Waals surface area contributed by atoms with Crippen LogP contribution in [0.1, 0.15) is 59.3 Å². The summed E-state index contributed by atoms with van der Waals surface area (Å²) in [5.41, 5.74) is 5.97. The average molecular weight is 268 g/mol. The third-order valence-corrected chi connectivity index (χ3v) is 4.05. The van der Waals surface area contributed by atoms with Crippen molar-refractivity contribution in [1.29, 1.82) is 0 Å². The molecule has 1 aliphatic rings. The largest absolute Gasteiger partial charge is 0.370 e. The molecule has 1 atom stereocenters. The summed E-state index contributed by atoms with van der Waals surface area (Å²) in [6.45, 7) is 10.1. The highest BCUT2D eigenvalue weighted by Gasteiger charge is 2.14. The van der Waals surface area contributed by atoms with Gasteiger partial charge >= 0.3 is 0 Å². The molecule has 1 rings (SSSR count). The molecule has 0 amide bonds. The van der Waals surface area contributed by atoms with Crippen molar-refractivity contribution in [3.05, 3.63) is 0 Å². The summed E-state index contributed by atoms with van der Waals surface area (Å²) in [5.74, 6) is 0.641. The van der Waals surface area contributed by atoms with Gasteiger partial charge in [-0.2, -0.15) is 0 Å². The Hall–Kier alpha value is -0.770. The standard InChI is InChI=1S/C15H32N4/c1-4-19(5-2)12-8-9-13(3)17-15(16)18-14-10-6-7-11-14/h13-14H,4-12H2,1-3H3,(H3,16,17,18). The number of nitrogens with two attached hydrogens (primary N) is 1. The first-order chi connectivity index (χ1) is 9.15. The fourth-order valence-electron chi connectivity index (χ4n) is 2.75. The molecule has 0 heterocycles. The summed E-state index contributed by atoms with van der Waals surface area (Å²) in [5, 5.41) is 3.33. The van der Waals surface area contributed by atoms with Gasteiger partial charge in [-0.15, -0.1) is 0 Å². The lowest BCUT2D eigenvalue weighted by Crippen LogP contribution is -2.39. The number of hydrogen-bond acceptors (Lipinski definition) is 2. The van der Waals surface area contributed by atoms with E-state index in [1.54, 1.807) is 0 Å². The van der Waals surface area contributed by atoms with Crippen molar-refractivity contribution in [2.24, 2.45) is 10.7 Å². The van der Waals surface area contributed by atoms with E-state index in [-0.39, 0.29) is 0 Å². The molecule has 112 valence electrons. The van der Waals surface area contributed by atoms with Crippen molar-refractivity contribution in [3.8, 4) is 0 Å². The molecule has 0 aromatic carbocycles. The zero-order valence-electron chi connectivity index (χ0n) is 13.0. The van der Waals surface area contributed by atoms with Gasteiger partial charge in [0.25, 0.3) is 0 Å². The fraction of sp³-hybridized carbons (Fsp3) is 0.933. The third kappa shape index (κ3) is 6.81. The Bertz CT molecular complexity index is 255. The average Bonchev–Trinajstić information content (AvgIpc) is 2.87. The van der Waals surface area contributed by atoms with Crippen LogP contribution in [-0.4, -0.2) is 42.6 Å². The van der Waals surface area contributed by atoms with Crippen LogP contribution in [-0.2, 0) is 0 Å². The topological polar surface area (TPSA) is 53.6 Å². The third-order valence-electron chi connectivity index (χ3n) is 4.05. The van der Waals surface area contributed by atoms with E-state index in [0.29, 0.717) is 18.0 Å². The number of aliphatic imine (C=N–C) groups is 1. The second-order valence-corrected chi connectivity index (χ2v) is 5.67. The minimum atomic E-state index is 0.417. The van der Waals surface area contributed by atoms with Crippen LogP contribution in [0, 0.1) is 0 Å². The van der Waals surface area contributed by atoms with Crippen LogP contribution in [0.25, 0.3) is 0 Å². The first-order valence-electron chi connectivity index (χ1n) is 7.97. The molecular weight excluding hydrogens is 236 g/mol. The van der Waals surface area contributed by atoms with Gasteiger partial charge < -0.3 is 16.0 Å². The van der Waals surface area contributed by atoms with Gasteiger partial charge in [-0.05, 0) is 52.2 Å². The van der Waals surface area contributed by atoms with E-state index >= 15 is 0 Å². The molecule has 0 aromatic heterocycles. The molecule has 0 radical (unpaired) electrons. The van der Waals surface area contributed by atoms with Crippen LogP contribution in [0.4, 0.5) is 0 Å². The predicted molar refractivity (Wildman–Crippen MR) is 83.5 cm³/mol. The maximum Gasteiger partial charge on any atom is 0.189 e. The smallest absolute Gasteiger partial charge is 0.189 e. The lowest BCUT2D eigenvalue weighted by atomic mass is 10.2. The molecule has 1 aliphatic carbocycles. The molecule has 0 spiro atoms. The second-order valence-electron chi connectivity index (χ2n) is 5.67. The highest BCUT2D eigenvalue weighted by Crippen LogP contribution is 2.20. The summed E-state index contributed by atoms with van der Waals surface area (Å²) in [6.07, 6.45) is 7.39. The first kappa shape index (κ1) is 16.3. The molecule has 0 aliphatic heterocycles. The molecule has 19 heavy (non-hydrogen) atoms. The maximum atomic E-state index is 5.97. The summed E-state index contributed by atoms with van der Waals surface area (Å²) >= 11 is 0. The molecule has 4 heteroatoms. The SMILES string of the molecule is CCN(CC)CCCC(C)NC(N)=NC1CCCC1. The molecule has 1 saturated carbocycles. The van der Waals surface area contributed by atoms with Gasteiger partial charge in [0.15, 0.2) is 5.96 Å². The lowest BCUT2D eigenvalue weighted by Gasteiger charge is -2.20. The number of rotatable bonds is 8. The van der Waals surface area contributed by atoms with Gasteiger partial charge in [-0.3, -0.25) is 4.99 Å². The summed E-state index contributed by atoms with van der Waals surface area (Å²) < 4.78 is 0. The van der Waals surface area contributed by atoms with Crippen LogP contribution in [0.5, 0.6) is 0 Å². The van der Waals surface area contributed by atoms with Crippen LogP contribution in [0.3, 0.4) is 0 Å². The first-order valence-corrected chi connectivity index (χ1v) is 7.97. The molecule has 0 saturated heterocycles. The zero-order valence-corrected chi connectivity index (χ0v) is 13.0. The van der Waals surface area contributed by atoms with Crippen LogP contribution in [0.15, 0.2) is 4.99 Å². The summed E-state index contributed by atoms with van der Waals surface area (Å²) in [6, 6.07) is 0.885. The quantitative estimate of drug-likeness (QED) is 0.525. The van der Waals surface area contributed by atoms with E-state index in [1.165, 1.54) is 38.6 Å². The monoisotopic (exact) mass is 268 g/mol. The van der Waals surface area contributed by atoms with Crippen molar-refractivity contribution >= 4 is 5.96 Å². The van der Waals surface area contributed by atoms with Crippen molar-refractivity contribution in [3.63, 3.8) is 0 Å². The van der Waals surface area contributed by atoms with Crippen LogP contribution in [0.2, 0.25) is 0 Å². The van der Waals surface area contributed by atoms with Crippen molar-refractivity contribution < 1.29 is 0 Å². The predicted octanol–water partition coefficient (Wildman–Crippen LogP) is 2.34. The van der Waals surface area contributed by atoms with E-state index in [0.717, 1.165) is 19.5 Å². The van der Waals surface area contributed by atoms with Gasteiger partial charge in [-0.1, -0.05) is 26.7 Å². The summed E-state index contributed by atoms with van der Waals surface area (Å²) in [7, 11) is 0. The van der Waals surface area contributed by atoms with E-state index < -0.39 is 0 Å². The normalized spacial score (nSPS) is 19.1. The number of nitrogens with one attached hydrogen (secondary N) is 1. The molecule has 1 fully saturated rings. The van der Waals surface area contributed by atoms with E-state index in [9.17, 15) is 0 Å². The Morgan fingerprint density at radius 2 is 1.95 bits per heavy atom.